The molecule has 0 heterocycles. The molecule has 0 radical (unpaired) electrons. The van der Waals surface area contributed by atoms with Crippen LogP contribution in [0.1, 0.15) is 35.7 Å². The van der Waals surface area contributed by atoms with E-state index in [2.05, 4.69) is 0 Å². The first kappa shape index (κ1) is 21.9. The van der Waals surface area contributed by atoms with E-state index < -0.39 is 27.5 Å². The maximum Gasteiger partial charge on any atom is 0.321 e. The summed E-state index contributed by atoms with van der Waals surface area (Å²) in [6.07, 6.45) is 1.04. The minimum atomic E-state index is -3.48. The molecule has 28 heavy (non-hydrogen) atoms. The van der Waals surface area contributed by atoms with Gasteiger partial charge in [-0.3, -0.25) is 9.59 Å². The molecule has 2 rings (SSSR count). The molecule has 0 spiro atoms. The maximum atomic E-state index is 13.1. The van der Waals surface area contributed by atoms with Crippen molar-refractivity contribution in [2.24, 2.45) is 0 Å². The third-order valence-electron chi connectivity index (χ3n) is 3.94. The smallest absolute Gasteiger partial charge is 0.321 e. The Morgan fingerprint density at radius 2 is 1.68 bits per heavy atom. The molecular weight excluding hydrogens is 404 g/mol. The van der Waals surface area contributed by atoms with Gasteiger partial charge in [-0.15, -0.1) is 0 Å². The quantitative estimate of drug-likeness (QED) is 0.365. The summed E-state index contributed by atoms with van der Waals surface area (Å²) in [5, 5.41) is -0.0480. The first-order valence-corrected chi connectivity index (χ1v) is 10.9. The van der Waals surface area contributed by atoms with Crippen LogP contribution in [0, 0.1) is 0 Å². The Balaban J connectivity index is 2.46. The van der Waals surface area contributed by atoms with Crippen molar-refractivity contribution >= 4 is 33.2 Å². The molecule has 0 aromatic heterocycles. The van der Waals surface area contributed by atoms with Crippen LogP contribution in [-0.2, 0) is 19.4 Å². The largest absolute Gasteiger partial charge is 0.494 e. The van der Waals surface area contributed by atoms with Gasteiger partial charge in [-0.1, -0.05) is 23.7 Å². The summed E-state index contributed by atoms with van der Waals surface area (Å²) in [5.74, 6) is -1.90. The molecule has 1 atom stereocenters. The second-order valence-electron chi connectivity index (χ2n) is 5.97. The predicted octanol–water partition coefficient (Wildman–Crippen LogP) is 3.67. The highest BCUT2D eigenvalue weighted by atomic mass is 35.5. The number of Topliss-reactive ketones (excluding diaryl/α,β-unsaturated/α-hetero) is 1. The van der Waals surface area contributed by atoms with Crippen LogP contribution < -0.4 is 4.74 Å². The number of sulfone groups is 1. The molecule has 0 aliphatic heterocycles. The standard InChI is InChI=1S/C20H21ClO6S/c1-4-26-14-8-6-13(7-9-14)18(20(23)27-5-2)19(22)16-11-10-15(12-17(16)21)28(3,24)25/h6-12,18H,4-5H2,1-3H3/t18-/m0/s1. The molecule has 0 saturated carbocycles. The first-order valence-electron chi connectivity index (χ1n) is 8.62. The lowest BCUT2D eigenvalue weighted by molar-refractivity contribution is -0.143. The summed E-state index contributed by atoms with van der Waals surface area (Å²) in [6, 6.07) is 10.3. The lowest BCUT2D eigenvalue weighted by Crippen LogP contribution is -2.24. The van der Waals surface area contributed by atoms with Gasteiger partial charge in [0.15, 0.2) is 15.6 Å². The van der Waals surface area contributed by atoms with E-state index in [9.17, 15) is 18.0 Å². The summed E-state index contributed by atoms with van der Waals surface area (Å²) >= 11 is 6.15. The van der Waals surface area contributed by atoms with Gasteiger partial charge in [0, 0.05) is 11.8 Å². The van der Waals surface area contributed by atoms with Gasteiger partial charge < -0.3 is 9.47 Å². The van der Waals surface area contributed by atoms with Crippen LogP contribution in [0.3, 0.4) is 0 Å². The van der Waals surface area contributed by atoms with Crippen molar-refractivity contribution in [2.75, 3.05) is 19.5 Å². The number of rotatable bonds is 8. The highest BCUT2D eigenvalue weighted by molar-refractivity contribution is 7.90. The van der Waals surface area contributed by atoms with Gasteiger partial charge in [-0.05, 0) is 49.7 Å². The minimum Gasteiger partial charge on any atom is -0.494 e. The third-order valence-corrected chi connectivity index (χ3v) is 5.37. The number of esters is 1. The Hall–Kier alpha value is -2.38. The SMILES string of the molecule is CCOC(=O)[C@H](C(=O)c1ccc(S(C)(=O)=O)cc1Cl)c1ccc(OCC)cc1. The molecular formula is C20H21ClO6S. The zero-order valence-electron chi connectivity index (χ0n) is 15.8. The summed E-state index contributed by atoms with van der Waals surface area (Å²) in [4.78, 5) is 25.6. The number of halogens is 1. The fourth-order valence-electron chi connectivity index (χ4n) is 2.63. The van der Waals surface area contributed by atoms with Gasteiger partial charge in [-0.2, -0.15) is 0 Å². The van der Waals surface area contributed by atoms with Crippen molar-refractivity contribution in [1.29, 1.82) is 0 Å². The fourth-order valence-corrected chi connectivity index (χ4v) is 3.61. The number of hydrogen-bond acceptors (Lipinski definition) is 6. The molecule has 0 aliphatic rings. The second-order valence-corrected chi connectivity index (χ2v) is 8.39. The van der Waals surface area contributed by atoms with Gasteiger partial charge in [0.25, 0.3) is 0 Å². The lowest BCUT2D eigenvalue weighted by Gasteiger charge is -2.16. The van der Waals surface area contributed by atoms with Crippen LogP contribution in [0.15, 0.2) is 47.4 Å². The van der Waals surface area contributed by atoms with Gasteiger partial charge >= 0.3 is 5.97 Å². The summed E-state index contributed by atoms with van der Waals surface area (Å²) in [7, 11) is -3.48. The fraction of sp³-hybridized carbons (Fsp3) is 0.300. The molecule has 0 aliphatic carbocycles. The number of hydrogen-bond donors (Lipinski definition) is 0. The predicted molar refractivity (Wildman–Crippen MR) is 106 cm³/mol. The van der Waals surface area contributed by atoms with Gasteiger partial charge in [-0.25, -0.2) is 8.42 Å². The van der Waals surface area contributed by atoms with Crippen molar-refractivity contribution in [3.8, 4) is 5.75 Å². The number of benzene rings is 2. The Labute approximate surface area is 169 Å². The topological polar surface area (TPSA) is 86.7 Å². The summed E-state index contributed by atoms with van der Waals surface area (Å²) in [5.41, 5.74) is 0.469. The average molecular weight is 425 g/mol. The molecule has 0 unspecified atom stereocenters. The van der Waals surface area contributed by atoms with Crippen LogP contribution in [0.2, 0.25) is 5.02 Å². The molecule has 2 aromatic rings. The molecule has 0 saturated heterocycles. The first-order chi connectivity index (χ1) is 13.2. The highest BCUT2D eigenvalue weighted by Crippen LogP contribution is 2.29. The molecule has 2 aromatic carbocycles. The molecule has 0 bridgehead atoms. The van der Waals surface area contributed by atoms with Crippen molar-refractivity contribution in [3.63, 3.8) is 0 Å². The molecule has 0 fully saturated rings. The van der Waals surface area contributed by atoms with E-state index in [0.29, 0.717) is 17.9 Å². The zero-order valence-corrected chi connectivity index (χ0v) is 17.3. The minimum absolute atomic E-state index is 0.0113. The summed E-state index contributed by atoms with van der Waals surface area (Å²) in [6.45, 7) is 4.09. The van der Waals surface area contributed by atoms with E-state index in [1.54, 1.807) is 31.2 Å². The van der Waals surface area contributed by atoms with Gasteiger partial charge in [0.05, 0.1) is 23.1 Å². The number of carbonyl (C=O) groups is 2. The van der Waals surface area contributed by atoms with E-state index in [-0.39, 0.29) is 22.1 Å². The monoisotopic (exact) mass is 424 g/mol. The molecule has 6 nitrogen and oxygen atoms in total. The van der Waals surface area contributed by atoms with E-state index in [1.165, 1.54) is 18.2 Å². The van der Waals surface area contributed by atoms with Crippen molar-refractivity contribution in [3.05, 3.63) is 58.6 Å². The number of ketones is 1. The van der Waals surface area contributed by atoms with Crippen LogP contribution in [-0.4, -0.2) is 39.6 Å². The average Bonchev–Trinajstić information content (AvgIpc) is 2.63. The third kappa shape index (κ3) is 5.11. The molecule has 150 valence electrons. The Morgan fingerprint density at radius 1 is 1.04 bits per heavy atom. The van der Waals surface area contributed by atoms with Crippen molar-refractivity contribution < 1.29 is 27.5 Å². The summed E-state index contributed by atoms with van der Waals surface area (Å²) < 4.78 is 33.8. The Bertz CT molecular complexity index is 967. The second kappa shape index (κ2) is 9.21. The Kier molecular flexibility index (Phi) is 7.21. The number of carbonyl (C=O) groups excluding carboxylic acids is 2. The molecule has 8 heteroatoms. The highest BCUT2D eigenvalue weighted by Gasteiger charge is 2.32. The Morgan fingerprint density at radius 3 is 2.18 bits per heavy atom. The van der Waals surface area contributed by atoms with Crippen LogP contribution in [0.4, 0.5) is 0 Å². The maximum absolute atomic E-state index is 13.1. The van der Waals surface area contributed by atoms with E-state index in [4.69, 9.17) is 21.1 Å². The van der Waals surface area contributed by atoms with Crippen LogP contribution in [0.25, 0.3) is 0 Å². The van der Waals surface area contributed by atoms with Gasteiger partial charge in [0.2, 0.25) is 0 Å². The normalized spacial score (nSPS) is 12.3. The van der Waals surface area contributed by atoms with Crippen molar-refractivity contribution in [2.45, 2.75) is 24.7 Å². The lowest BCUT2D eigenvalue weighted by atomic mass is 9.90. The molecule has 0 amide bonds. The van der Waals surface area contributed by atoms with Crippen LogP contribution >= 0.6 is 11.6 Å². The zero-order chi connectivity index (χ0) is 20.9. The number of ether oxygens (including phenoxy) is 2. The van der Waals surface area contributed by atoms with E-state index in [1.807, 2.05) is 6.92 Å². The van der Waals surface area contributed by atoms with Gasteiger partial charge in [0.1, 0.15) is 11.7 Å². The van der Waals surface area contributed by atoms with Crippen LogP contribution in [0.5, 0.6) is 5.75 Å². The van der Waals surface area contributed by atoms with Crippen molar-refractivity contribution in [1.82, 2.24) is 0 Å². The van der Waals surface area contributed by atoms with E-state index >= 15 is 0 Å². The molecule has 0 N–H and O–H groups in total. The van der Waals surface area contributed by atoms with E-state index in [0.717, 1.165) is 6.26 Å².